The molecule has 0 aromatic heterocycles. The van der Waals surface area contributed by atoms with E-state index in [-0.39, 0.29) is 12.0 Å². The van der Waals surface area contributed by atoms with Gasteiger partial charge in [-0.25, -0.2) is 0 Å². The zero-order chi connectivity index (χ0) is 10.9. The van der Waals surface area contributed by atoms with E-state index in [2.05, 4.69) is 19.2 Å². The van der Waals surface area contributed by atoms with Crippen molar-refractivity contribution in [3.05, 3.63) is 0 Å². The quantitative estimate of drug-likeness (QED) is 0.675. The zero-order valence-electron chi connectivity index (χ0n) is 10.1. The molecule has 2 N–H and O–H groups in total. The Labute approximate surface area is 93.5 Å². The normalized spacial score (nSPS) is 22.4. The average molecular weight is 211 g/mol. The van der Waals surface area contributed by atoms with Gasteiger partial charge in [-0.2, -0.15) is 0 Å². The maximum atomic E-state index is 9.16. The topological polar surface area (TPSA) is 32.3 Å². The van der Waals surface area contributed by atoms with Crippen molar-refractivity contribution in [1.82, 2.24) is 5.32 Å². The Bertz CT molecular complexity index is 195. The maximum absolute atomic E-state index is 9.16. The summed E-state index contributed by atoms with van der Waals surface area (Å²) in [5, 5.41) is 12.7. The molecular formula is C13H25NO. The Kier molecular flexibility index (Phi) is 3.36. The summed E-state index contributed by atoms with van der Waals surface area (Å²) in [6.07, 6.45) is 5.86. The van der Waals surface area contributed by atoms with E-state index < -0.39 is 0 Å². The fourth-order valence-corrected chi connectivity index (χ4v) is 2.40. The van der Waals surface area contributed by atoms with Gasteiger partial charge in [0.1, 0.15) is 0 Å². The highest BCUT2D eigenvalue weighted by Gasteiger charge is 2.40. The van der Waals surface area contributed by atoms with Crippen LogP contribution in [0.3, 0.4) is 0 Å². The average Bonchev–Trinajstić information content (AvgIpc) is 3.01. The van der Waals surface area contributed by atoms with Crippen LogP contribution in [0, 0.1) is 23.2 Å². The van der Waals surface area contributed by atoms with E-state index in [1.807, 2.05) is 0 Å². The van der Waals surface area contributed by atoms with E-state index in [1.54, 1.807) is 0 Å². The molecule has 0 aliphatic heterocycles. The van der Waals surface area contributed by atoms with Crippen molar-refractivity contribution in [3.63, 3.8) is 0 Å². The van der Waals surface area contributed by atoms with Gasteiger partial charge in [-0.15, -0.1) is 0 Å². The first-order chi connectivity index (χ1) is 7.12. The van der Waals surface area contributed by atoms with E-state index in [1.165, 1.54) is 32.2 Å². The summed E-state index contributed by atoms with van der Waals surface area (Å²) in [5.74, 6) is 3.00. The first-order valence-corrected chi connectivity index (χ1v) is 6.44. The van der Waals surface area contributed by atoms with Crippen molar-refractivity contribution in [1.29, 1.82) is 0 Å². The molecule has 2 fully saturated rings. The van der Waals surface area contributed by atoms with Gasteiger partial charge < -0.3 is 10.4 Å². The third-order valence-electron chi connectivity index (χ3n) is 3.87. The first-order valence-electron chi connectivity index (χ1n) is 6.44. The van der Waals surface area contributed by atoms with Crippen molar-refractivity contribution >= 4 is 0 Å². The lowest BCUT2D eigenvalue weighted by Crippen LogP contribution is -2.36. The Hall–Kier alpha value is -0.0800. The largest absolute Gasteiger partial charge is 0.396 e. The molecule has 2 saturated carbocycles. The fourth-order valence-electron chi connectivity index (χ4n) is 2.40. The molecule has 0 unspecified atom stereocenters. The molecule has 88 valence electrons. The summed E-state index contributed by atoms with van der Waals surface area (Å²) in [7, 11) is 0. The molecule has 0 amide bonds. The number of nitrogens with one attached hydrogen (secondary N) is 1. The monoisotopic (exact) mass is 211 g/mol. The second-order valence-corrected chi connectivity index (χ2v) is 6.29. The number of rotatable bonds is 7. The molecule has 0 heterocycles. The third-order valence-corrected chi connectivity index (χ3v) is 3.87. The van der Waals surface area contributed by atoms with Crippen molar-refractivity contribution in [2.75, 3.05) is 19.7 Å². The van der Waals surface area contributed by atoms with E-state index in [9.17, 15) is 0 Å². The number of hydrogen-bond donors (Lipinski definition) is 2. The highest BCUT2D eigenvalue weighted by atomic mass is 16.3. The van der Waals surface area contributed by atoms with Gasteiger partial charge in [-0.1, -0.05) is 13.8 Å². The SMILES string of the molecule is CC(C)(CO)CNCC(C1CC1)C1CC1. The molecule has 2 heteroatoms. The Morgan fingerprint density at radius 1 is 1.20 bits per heavy atom. The zero-order valence-corrected chi connectivity index (χ0v) is 10.1. The van der Waals surface area contributed by atoms with E-state index in [4.69, 9.17) is 5.11 Å². The molecule has 2 rings (SSSR count). The van der Waals surface area contributed by atoms with Gasteiger partial charge in [-0.3, -0.25) is 0 Å². The van der Waals surface area contributed by atoms with Crippen LogP contribution < -0.4 is 5.32 Å². The summed E-state index contributed by atoms with van der Waals surface area (Å²) in [6, 6.07) is 0. The van der Waals surface area contributed by atoms with Crippen LogP contribution in [-0.4, -0.2) is 24.8 Å². The molecule has 2 aliphatic rings. The Morgan fingerprint density at radius 2 is 1.73 bits per heavy atom. The lowest BCUT2D eigenvalue weighted by molar-refractivity contribution is 0.154. The Balaban J connectivity index is 1.67. The van der Waals surface area contributed by atoms with Crippen LogP contribution in [0.4, 0.5) is 0 Å². The van der Waals surface area contributed by atoms with Crippen LogP contribution in [0.1, 0.15) is 39.5 Å². The van der Waals surface area contributed by atoms with Crippen molar-refractivity contribution in [2.24, 2.45) is 23.2 Å². The molecule has 2 nitrogen and oxygen atoms in total. The van der Waals surface area contributed by atoms with Gasteiger partial charge >= 0.3 is 0 Å². The standard InChI is InChI=1S/C13H25NO/c1-13(2,9-15)8-14-7-12(10-3-4-10)11-5-6-11/h10-12,14-15H,3-9H2,1-2H3. The van der Waals surface area contributed by atoms with Crippen LogP contribution >= 0.6 is 0 Å². The molecule has 0 aromatic carbocycles. The van der Waals surface area contributed by atoms with Gasteiger partial charge in [0, 0.05) is 18.6 Å². The predicted octanol–water partition coefficient (Wildman–Crippen LogP) is 2.03. The molecule has 0 atom stereocenters. The molecule has 0 bridgehead atoms. The second kappa shape index (κ2) is 4.42. The molecular weight excluding hydrogens is 186 g/mol. The second-order valence-electron chi connectivity index (χ2n) is 6.29. The van der Waals surface area contributed by atoms with Crippen LogP contribution in [-0.2, 0) is 0 Å². The molecule has 15 heavy (non-hydrogen) atoms. The van der Waals surface area contributed by atoms with Crippen LogP contribution in [0.25, 0.3) is 0 Å². The highest BCUT2D eigenvalue weighted by molar-refractivity contribution is 4.92. The maximum Gasteiger partial charge on any atom is 0.0494 e. The van der Waals surface area contributed by atoms with Crippen LogP contribution in [0.5, 0.6) is 0 Å². The molecule has 0 saturated heterocycles. The minimum Gasteiger partial charge on any atom is -0.396 e. The number of aliphatic hydroxyl groups excluding tert-OH is 1. The van der Waals surface area contributed by atoms with Crippen molar-refractivity contribution in [2.45, 2.75) is 39.5 Å². The summed E-state index contributed by atoms with van der Waals surface area (Å²) >= 11 is 0. The molecule has 0 spiro atoms. The van der Waals surface area contributed by atoms with Gasteiger partial charge in [0.2, 0.25) is 0 Å². The molecule has 2 aliphatic carbocycles. The smallest absolute Gasteiger partial charge is 0.0494 e. The summed E-state index contributed by atoms with van der Waals surface area (Å²) in [6.45, 7) is 6.63. The van der Waals surface area contributed by atoms with Crippen molar-refractivity contribution < 1.29 is 5.11 Å². The summed E-state index contributed by atoms with van der Waals surface area (Å²) in [4.78, 5) is 0. The van der Waals surface area contributed by atoms with E-state index in [0.29, 0.717) is 0 Å². The van der Waals surface area contributed by atoms with Crippen molar-refractivity contribution in [3.8, 4) is 0 Å². The molecule has 0 aromatic rings. The van der Waals surface area contributed by atoms with E-state index >= 15 is 0 Å². The van der Waals surface area contributed by atoms with Gasteiger partial charge in [-0.05, 0) is 50.0 Å². The Morgan fingerprint density at radius 3 is 2.13 bits per heavy atom. The highest BCUT2D eigenvalue weighted by Crippen LogP contribution is 2.48. The van der Waals surface area contributed by atoms with Crippen LogP contribution in [0.2, 0.25) is 0 Å². The number of hydrogen-bond acceptors (Lipinski definition) is 2. The number of aliphatic hydroxyl groups is 1. The van der Waals surface area contributed by atoms with Gasteiger partial charge in [0.15, 0.2) is 0 Å². The lowest BCUT2D eigenvalue weighted by Gasteiger charge is -2.24. The van der Waals surface area contributed by atoms with E-state index in [0.717, 1.165) is 24.3 Å². The minimum absolute atomic E-state index is 0.0393. The van der Waals surface area contributed by atoms with Crippen LogP contribution in [0.15, 0.2) is 0 Å². The summed E-state index contributed by atoms with van der Waals surface area (Å²) < 4.78 is 0. The predicted molar refractivity (Wildman–Crippen MR) is 62.7 cm³/mol. The fraction of sp³-hybridized carbons (Fsp3) is 1.00. The first kappa shape index (κ1) is 11.4. The van der Waals surface area contributed by atoms with Gasteiger partial charge in [0.25, 0.3) is 0 Å². The third kappa shape index (κ3) is 3.46. The van der Waals surface area contributed by atoms with Gasteiger partial charge in [0.05, 0.1) is 0 Å². The minimum atomic E-state index is 0.0393. The lowest BCUT2D eigenvalue weighted by atomic mass is 9.93. The summed E-state index contributed by atoms with van der Waals surface area (Å²) in [5.41, 5.74) is 0.0393. The molecule has 0 radical (unpaired) electrons.